The zero-order valence-electron chi connectivity index (χ0n) is 10.7. The van der Waals surface area contributed by atoms with Crippen molar-refractivity contribution in [1.29, 1.82) is 0 Å². The lowest BCUT2D eigenvalue weighted by atomic mass is 10.1. The fourth-order valence-electron chi connectivity index (χ4n) is 1.75. The molecule has 2 N–H and O–H groups in total. The van der Waals surface area contributed by atoms with Crippen LogP contribution in [0.15, 0.2) is 0 Å². The van der Waals surface area contributed by atoms with E-state index >= 15 is 0 Å². The second kappa shape index (κ2) is 6.10. The van der Waals surface area contributed by atoms with E-state index in [1.165, 1.54) is 0 Å². The molecule has 1 aliphatic heterocycles. The molecule has 1 aliphatic rings. The van der Waals surface area contributed by atoms with Crippen LogP contribution in [0.25, 0.3) is 0 Å². The summed E-state index contributed by atoms with van der Waals surface area (Å²) < 4.78 is 35.3. The molecule has 0 spiro atoms. The molecule has 0 aromatic heterocycles. The fraction of sp³-hybridized carbons (Fsp3) is 1.00. The van der Waals surface area contributed by atoms with Crippen molar-refractivity contribution in [3.63, 3.8) is 0 Å². The molecule has 102 valence electrons. The number of rotatable bonds is 6. The van der Waals surface area contributed by atoms with Crippen LogP contribution in [-0.2, 0) is 19.5 Å². The lowest BCUT2D eigenvalue weighted by Gasteiger charge is -2.28. The van der Waals surface area contributed by atoms with Crippen molar-refractivity contribution in [2.24, 2.45) is 0 Å². The molecule has 0 amide bonds. The van der Waals surface area contributed by atoms with E-state index in [9.17, 15) is 8.42 Å². The second-order valence-electron chi connectivity index (χ2n) is 4.99. The summed E-state index contributed by atoms with van der Waals surface area (Å²) in [5.74, 6) is 0. The molecule has 6 nitrogen and oxygen atoms in total. The van der Waals surface area contributed by atoms with Gasteiger partial charge < -0.3 is 14.8 Å². The predicted octanol–water partition coefficient (Wildman–Crippen LogP) is -0.333. The first-order valence-corrected chi connectivity index (χ1v) is 7.57. The molecule has 0 aromatic rings. The standard InChI is InChI=1S/C10H22N2O4S/c1-10(2,12-17(3,13)14)7-11-6-9-4-5-15-8-16-9/h9,11-12H,4-8H2,1-3H3. The van der Waals surface area contributed by atoms with Gasteiger partial charge in [-0.05, 0) is 20.3 Å². The van der Waals surface area contributed by atoms with Gasteiger partial charge in [-0.1, -0.05) is 0 Å². The van der Waals surface area contributed by atoms with Crippen molar-refractivity contribution in [1.82, 2.24) is 10.0 Å². The molecule has 1 saturated heterocycles. The summed E-state index contributed by atoms with van der Waals surface area (Å²) in [7, 11) is -3.18. The van der Waals surface area contributed by atoms with E-state index in [0.29, 0.717) is 19.9 Å². The zero-order chi connectivity index (χ0) is 12.9. The van der Waals surface area contributed by atoms with Crippen molar-refractivity contribution in [3.8, 4) is 0 Å². The molecule has 1 rings (SSSR count). The van der Waals surface area contributed by atoms with Crippen LogP contribution < -0.4 is 10.0 Å². The Kier molecular flexibility index (Phi) is 5.33. The Bertz CT molecular complexity index is 323. The number of hydrogen-bond donors (Lipinski definition) is 2. The van der Waals surface area contributed by atoms with Crippen LogP contribution in [-0.4, -0.2) is 52.8 Å². The van der Waals surface area contributed by atoms with Crippen molar-refractivity contribution in [3.05, 3.63) is 0 Å². The summed E-state index contributed by atoms with van der Waals surface area (Å²) >= 11 is 0. The van der Waals surface area contributed by atoms with E-state index in [1.54, 1.807) is 0 Å². The van der Waals surface area contributed by atoms with Gasteiger partial charge >= 0.3 is 0 Å². The van der Waals surface area contributed by atoms with Gasteiger partial charge in [0.1, 0.15) is 6.79 Å². The zero-order valence-corrected chi connectivity index (χ0v) is 11.5. The van der Waals surface area contributed by atoms with Crippen LogP contribution in [0, 0.1) is 0 Å². The lowest BCUT2D eigenvalue weighted by molar-refractivity contribution is -0.137. The quantitative estimate of drug-likeness (QED) is 0.688. The van der Waals surface area contributed by atoms with Crippen LogP contribution in [0.1, 0.15) is 20.3 Å². The maximum absolute atomic E-state index is 11.1. The highest BCUT2D eigenvalue weighted by molar-refractivity contribution is 7.88. The summed E-state index contributed by atoms with van der Waals surface area (Å²) in [6.07, 6.45) is 2.18. The average Bonchev–Trinajstić information content (AvgIpc) is 2.15. The summed E-state index contributed by atoms with van der Waals surface area (Å²) in [4.78, 5) is 0. The van der Waals surface area contributed by atoms with Crippen molar-refractivity contribution in [2.45, 2.75) is 31.9 Å². The van der Waals surface area contributed by atoms with Gasteiger partial charge in [0.05, 0.1) is 19.0 Å². The first-order chi connectivity index (χ1) is 7.79. The molecule has 0 saturated carbocycles. The second-order valence-corrected chi connectivity index (χ2v) is 6.74. The van der Waals surface area contributed by atoms with E-state index in [2.05, 4.69) is 10.0 Å². The van der Waals surface area contributed by atoms with Gasteiger partial charge in [0, 0.05) is 18.6 Å². The van der Waals surface area contributed by atoms with Gasteiger partial charge in [-0.2, -0.15) is 0 Å². The molecule has 7 heteroatoms. The van der Waals surface area contributed by atoms with Gasteiger partial charge in [0.15, 0.2) is 0 Å². The summed E-state index contributed by atoms with van der Waals surface area (Å²) in [5.41, 5.74) is -0.501. The fourth-order valence-corrected chi connectivity index (χ4v) is 2.82. The molecule has 1 atom stereocenters. The summed E-state index contributed by atoms with van der Waals surface area (Å²) in [6, 6.07) is 0. The van der Waals surface area contributed by atoms with Crippen LogP contribution in [0.4, 0.5) is 0 Å². The van der Waals surface area contributed by atoms with E-state index in [-0.39, 0.29) is 6.10 Å². The minimum atomic E-state index is -3.18. The SMILES string of the molecule is CC(C)(CNCC1CCOCO1)NS(C)(=O)=O. The first kappa shape index (κ1) is 14.8. The van der Waals surface area contributed by atoms with Crippen molar-refractivity contribution in [2.75, 3.05) is 32.7 Å². The Morgan fingerprint density at radius 2 is 2.12 bits per heavy atom. The molecule has 17 heavy (non-hydrogen) atoms. The Morgan fingerprint density at radius 3 is 2.65 bits per heavy atom. The van der Waals surface area contributed by atoms with Crippen LogP contribution in [0.2, 0.25) is 0 Å². The van der Waals surface area contributed by atoms with E-state index in [4.69, 9.17) is 9.47 Å². The molecule has 1 fully saturated rings. The van der Waals surface area contributed by atoms with Crippen LogP contribution >= 0.6 is 0 Å². The normalized spacial score (nSPS) is 22.6. The molecule has 0 aliphatic carbocycles. The van der Waals surface area contributed by atoms with Crippen molar-refractivity contribution < 1.29 is 17.9 Å². The van der Waals surface area contributed by atoms with Gasteiger partial charge in [0.25, 0.3) is 0 Å². The molecule has 0 aromatic carbocycles. The third-order valence-corrected chi connectivity index (χ3v) is 3.30. The Labute approximate surface area is 103 Å². The van der Waals surface area contributed by atoms with Crippen molar-refractivity contribution >= 4 is 10.0 Å². The summed E-state index contributed by atoms with van der Waals surface area (Å²) in [5, 5.41) is 3.21. The molecule has 0 bridgehead atoms. The minimum absolute atomic E-state index is 0.151. The Balaban J connectivity index is 2.24. The Hall–Kier alpha value is -0.210. The molecular weight excluding hydrogens is 244 g/mol. The number of sulfonamides is 1. The minimum Gasteiger partial charge on any atom is -0.355 e. The topological polar surface area (TPSA) is 76.7 Å². The first-order valence-electron chi connectivity index (χ1n) is 5.67. The van der Waals surface area contributed by atoms with Crippen LogP contribution in [0.5, 0.6) is 0 Å². The highest BCUT2D eigenvalue weighted by Gasteiger charge is 2.22. The lowest BCUT2D eigenvalue weighted by Crippen LogP contribution is -2.51. The predicted molar refractivity (Wildman–Crippen MR) is 65.2 cm³/mol. The van der Waals surface area contributed by atoms with Gasteiger partial charge in [-0.25, -0.2) is 13.1 Å². The van der Waals surface area contributed by atoms with E-state index in [0.717, 1.165) is 19.3 Å². The molecule has 0 radical (unpaired) electrons. The third-order valence-electron chi connectivity index (χ3n) is 2.37. The molecule has 1 heterocycles. The number of nitrogens with one attached hydrogen (secondary N) is 2. The summed E-state index contributed by atoms with van der Waals surface area (Å²) in [6.45, 7) is 6.01. The number of hydrogen-bond acceptors (Lipinski definition) is 5. The molecule has 1 unspecified atom stereocenters. The number of ether oxygens (including phenoxy) is 2. The Morgan fingerprint density at radius 1 is 1.41 bits per heavy atom. The largest absolute Gasteiger partial charge is 0.355 e. The van der Waals surface area contributed by atoms with E-state index in [1.807, 2.05) is 13.8 Å². The molecular formula is C10H22N2O4S. The van der Waals surface area contributed by atoms with Gasteiger partial charge in [0.2, 0.25) is 10.0 Å². The maximum atomic E-state index is 11.1. The highest BCUT2D eigenvalue weighted by Crippen LogP contribution is 2.06. The monoisotopic (exact) mass is 266 g/mol. The third kappa shape index (κ3) is 6.95. The van der Waals surface area contributed by atoms with Gasteiger partial charge in [-0.15, -0.1) is 0 Å². The van der Waals surface area contributed by atoms with Crippen LogP contribution in [0.3, 0.4) is 0 Å². The smallest absolute Gasteiger partial charge is 0.209 e. The average molecular weight is 266 g/mol. The highest BCUT2D eigenvalue weighted by atomic mass is 32.2. The van der Waals surface area contributed by atoms with Gasteiger partial charge in [-0.3, -0.25) is 0 Å². The maximum Gasteiger partial charge on any atom is 0.209 e. The van der Waals surface area contributed by atoms with E-state index < -0.39 is 15.6 Å².